The lowest BCUT2D eigenvalue weighted by molar-refractivity contribution is 0.00706. The van der Waals surface area contributed by atoms with E-state index < -0.39 is 6.10 Å². The molecule has 31 heavy (non-hydrogen) atoms. The van der Waals surface area contributed by atoms with Gasteiger partial charge in [0, 0.05) is 5.56 Å². The van der Waals surface area contributed by atoms with Crippen molar-refractivity contribution in [2.45, 2.75) is 24.4 Å². The summed E-state index contributed by atoms with van der Waals surface area (Å²) in [4.78, 5) is 12.3. The van der Waals surface area contributed by atoms with Gasteiger partial charge in [-0.2, -0.15) is 4.98 Å². The number of rotatable bonds is 4. The number of nitrogens with zero attached hydrogens (tertiary/aromatic N) is 2. The first-order valence-electron chi connectivity index (χ1n) is 10.3. The first kappa shape index (κ1) is 18.5. The quantitative estimate of drug-likeness (QED) is 0.532. The van der Waals surface area contributed by atoms with Crippen LogP contribution in [0, 0.1) is 0 Å². The minimum atomic E-state index is -0.602. The zero-order valence-electron chi connectivity index (χ0n) is 16.6. The Kier molecular flexibility index (Phi) is 4.45. The Bertz CT molecular complexity index is 1210. The Hall–Kier alpha value is -3.26. The number of pyridine rings is 1. The molecule has 0 aliphatic carbocycles. The summed E-state index contributed by atoms with van der Waals surface area (Å²) in [6.07, 6.45) is 0.246. The SMILES string of the molecule is OC1COC2C(Oc3nc4cc(-c5ccc(-c6ccccc6)cc5)ncc4[nH]3)COC12. The van der Waals surface area contributed by atoms with E-state index >= 15 is 0 Å². The van der Waals surface area contributed by atoms with Gasteiger partial charge in [-0.3, -0.25) is 4.98 Å². The molecule has 7 heteroatoms. The zero-order valence-corrected chi connectivity index (χ0v) is 16.6. The summed E-state index contributed by atoms with van der Waals surface area (Å²) in [5.74, 6) is 0. The van der Waals surface area contributed by atoms with Crippen molar-refractivity contribution in [3.63, 3.8) is 0 Å². The van der Waals surface area contributed by atoms with Gasteiger partial charge in [0.1, 0.15) is 18.3 Å². The first-order valence-corrected chi connectivity index (χ1v) is 10.3. The predicted octanol–water partition coefficient (Wildman–Crippen LogP) is 3.20. The number of H-pyrrole nitrogens is 1. The fourth-order valence-electron chi connectivity index (χ4n) is 4.25. The monoisotopic (exact) mass is 415 g/mol. The van der Waals surface area contributed by atoms with Gasteiger partial charge >= 0.3 is 0 Å². The van der Waals surface area contributed by atoms with Crippen LogP contribution in [0.3, 0.4) is 0 Å². The third-order valence-corrected chi connectivity index (χ3v) is 5.88. The summed E-state index contributed by atoms with van der Waals surface area (Å²) < 4.78 is 17.2. The molecule has 4 atom stereocenters. The normalized spacial score (nSPS) is 25.1. The van der Waals surface area contributed by atoms with Crippen molar-refractivity contribution in [1.82, 2.24) is 15.0 Å². The number of fused-ring (bicyclic) bond motifs is 2. The van der Waals surface area contributed by atoms with Crippen LogP contribution in [0.1, 0.15) is 0 Å². The predicted molar refractivity (Wildman–Crippen MR) is 115 cm³/mol. The summed E-state index contributed by atoms with van der Waals surface area (Å²) in [5, 5.41) is 9.88. The molecule has 156 valence electrons. The maximum atomic E-state index is 9.88. The Balaban J connectivity index is 1.23. The van der Waals surface area contributed by atoms with Crippen molar-refractivity contribution in [3.05, 3.63) is 66.9 Å². The summed E-state index contributed by atoms with van der Waals surface area (Å²) in [7, 11) is 0. The molecule has 7 nitrogen and oxygen atoms in total. The Labute approximate surface area is 178 Å². The number of aromatic amines is 1. The third kappa shape index (κ3) is 3.37. The standard InChI is InChI=1S/C24H21N3O4/c28-20-12-29-23-21(13-30-22(20)23)31-24-26-18-10-17(25-11-19(18)27-24)16-8-6-15(7-9-16)14-4-2-1-3-5-14/h1-11,20-23,28H,12-13H2,(H,26,27). The summed E-state index contributed by atoms with van der Waals surface area (Å²) in [6.45, 7) is 0.631. The molecule has 2 saturated heterocycles. The van der Waals surface area contributed by atoms with E-state index in [1.165, 1.54) is 5.56 Å². The lowest BCUT2D eigenvalue weighted by atomic mass is 10.0. The van der Waals surface area contributed by atoms with Gasteiger partial charge in [0.25, 0.3) is 6.01 Å². The molecule has 2 aliphatic rings. The Morgan fingerprint density at radius 1 is 0.903 bits per heavy atom. The third-order valence-electron chi connectivity index (χ3n) is 5.88. The summed E-state index contributed by atoms with van der Waals surface area (Å²) in [5.41, 5.74) is 5.78. The van der Waals surface area contributed by atoms with Crippen LogP contribution in [0.15, 0.2) is 66.9 Å². The molecule has 2 aromatic carbocycles. The topological polar surface area (TPSA) is 89.5 Å². The molecule has 0 radical (unpaired) electrons. The second kappa shape index (κ2) is 7.46. The number of nitrogens with one attached hydrogen (secondary N) is 1. The smallest absolute Gasteiger partial charge is 0.295 e. The highest BCUT2D eigenvalue weighted by Gasteiger charge is 2.48. The van der Waals surface area contributed by atoms with Gasteiger partial charge in [0.2, 0.25) is 0 Å². The van der Waals surface area contributed by atoms with E-state index in [1.807, 2.05) is 24.3 Å². The molecule has 0 saturated carbocycles. The highest BCUT2D eigenvalue weighted by atomic mass is 16.6. The first-order chi connectivity index (χ1) is 15.2. The molecule has 4 aromatic rings. The number of benzene rings is 2. The van der Waals surface area contributed by atoms with Crippen molar-refractivity contribution in [3.8, 4) is 28.4 Å². The number of imidazole rings is 1. The van der Waals surface area contributed by atoms with Crippen LogP contribution < -0.4 is 4.74 Å². The van der Waals surface area contributed by atoms with E-state index in [2.05, 4.69) is 51.4 Å². The maximum absolute atomic E-state index is 9.88. The highest BCUT2D eigenvalue weighted by molar-refractivity contribution is 5.80. The molecule has 6 rings (SSSR count). The van der Waals surface area contributed by atoms with Crippen molar-refractivity contribution in [2.75, 3.05) is 13.2 Å². The van der Waals surface area contributed by atoms with Crippen molar-refractivity contribution < 1.29 is 19.3 Å². The van der Waals surface area contributed by atoms with Gasteiger partial charge in [-0.25, -0.2) is 0 Å². The lowest BCUT2D eigenvalue weighted by Crippen LogP contribution is -2.34. The molecule has 4 heterocycles. The van der Waals surface area contributed by atoms with Crippen molar-refractivity contribution in [2.24, 2.45) is 0 Å². The van der Waals surface area contributed by atoms with Gasteiger partial charge < -0.3 is 24.3 Å². The molecular weight excluding hydrogens is 394 g/mol. The molecule has 2 aliphatic heterocycles. The minimum Gasteiger partial charge on any atom is -0.456 e. The number of hydrogen-bond donors (Lipinski definition) is 2. The molecule has 0 spiro atoms. The largest absolute Gasteiger partial charge is 0.456 e. The van der Waals surface area contributed by atoms with Gasteiger partial charge in [0.05, 0.1) is 36.1 Å². The maximum Gasteiger partial charge on any atom is 0.295 e. The molecule has 4 unspecified atom stereocenters. The van der Waals surface area contributed by atoms with Crippen LogP contribution in [0.2, 0.25) is 0 Å². The van der Waals surface area contributed by atoms with Crippen LogP contribution in [0.5, 0.6) is 6.01 Å². The second-order valence-electron chi connectivity index (χ2n) is 7.89. The van der Waals surface area contributed by atoms with Crippen LogP contribution in [-0.4, -0.2) is 57.7 Å². The molecule has 0 bridgehead atoms. The van der Waals surface area contributed by atoms with Crippen molar-refractivity contribution >= 4 is 11.0 Å². The molecule has 0 amide bonds. The van der Waals surface area contributed by atoms with Gasteiger partial charge in [-0.15, -0.1) is 0 Å². The van der Waals surface area contributed by atoms with Gasteiger partial charge in [-0.05, 0) is 17.2 Å². The average molecular weight is 415 g/mol. The van der Waals surface area contributed by atoms with E-state index in [4.69, 9.17) is 14.2 Å². The van der Waals surface area contributed by atoms with E-state index in [0.717, 1.165) is 27.9 Å². The van der Waals surface area contributed by atoms with E-state index in [0.29, 0.717) is 12.6 Å². The molecule has 2 aromatic heterocycles. The number of aliphatic hydroxyl groups excluding tert-OH is 1. The molecule has 2 fully saturated rings. The van der Waals surface area contributed by atoms with Crippen LogP contribution in [0.4, 0.5) is 0 Å². The van der Waals surface area contributed by atoms with E-state index in [1.54, 1.807) is 6.20 Å². The molecular formula is C24H21N3O4. The van der Waals surface area contributed by atoms with Crippen LogP contribution >= 0.6 is 0 Å². The fourth-order valence-corrected chi connectivity index (χ4v) is 4.25. The Morgan fingerprint density at radius 3 is 2.48 bits per heavy atom. The van der Waals surface area contributed by atoms with Crippen molar-refractivity contribution in [1.29, 1.82) is 0 Å². The highest BCUT2D eigenvalue weighted by Crippen LogP contribution is 2.30. The average Bonchev–Trinajstić information content (AvgIpc) is 3.51. The second-order valence-corrected chi connectivity index (χ2v) is 7.89. The summed E-state index contributed by atoms with van der Waals surface area (Å²) in [6, 6.07) is 21.0. The Morgan fingerprint density at radius 2 is 1.65 bits per heavy atom. The van der Waals surface area contributed by atoms with E-state index in [9.17, 15) is 5.11 Å². The van der Waals surface area contributed by atoms with Gasteiger partial charge in [-0.1, -0.05) is 54.6 Å². The number of aliphatic hydroxyl groups is 1. The van der Waals surface area contributed by atoms with Crippen LogP contribution in [0.25, 0.3) is 33.4 Å². The minimum absolute atomic E-state index is 0.270. The van der Waals surface area contributed by atoms with E-state index in [-0.39, 0.29) is 24.9 Å². The fraction of sp³-hybridized carbons (Fsp3) is 0.250. The summed E-state index contributed by atoms with van der Waals surface area (Å²) >= 11 is 0. The zero-order chi connectivity index (χ0) is 20.8. The number of hydrogen-bond acceptors (Lipinski definition) is 6. The number of aromatic nitrogens is 3. The van der Waals surface area contributed by atoms with Gasteiger partial charge in [0.15, 0.2) is 6.10 Å². The lowest BCUT2D eigenvalue weighted by Gasteiger charge is -2.15. The molecule has 2 N–H and O–H groups in total. The van der Waals surface area contributed by atoms with Crippen LogP contribution in [-0.2, 0) is 9.47 Å². The number of ether oxygens (including phenoxy) is 3.